The molecule has 0 unspecified atom stereocenters. The molecular weight excluding hydrogens is 266 g/mol. The molecule has 0 fully saturated rings. The summed E-state index contributed by atoms with van der Waals surface area (Å²) in [5.74, 6) is -0.434. The van der Waals surface area contributed by atoms with E-state index in [1.165, 1.54) is 0 Å². The SMILES string of the molecule is CC.Cc1ccc(C(=O)NOC(C)(C)CO)c(Cl)c1. The molecule has 1 aromatic rings. The van der Waals surface area contributed by atoms with Crippen LogP contribution in [-0.4, -0.2) is 23.2 Å². The Kier molecular flexibility index (Phi) is 7.68. The molecule has 0 aromatic heterocycles. The van der Waals surface area contributed by atoms with Crippen LogP contribution in [0, 0.1) is 6.92 Å². The van der Waals surface area contributed by atoms with Crippen LogP contribution in [0.2, 0.25) is 5.02 Å². The number of aliphatic hydroxyl groups is 1. The lowest BCUT2D eigenvalue weighted by Crippen LogP contribution is -2.38. The Morgan fingerprint density at radius 3 is 2.47 bits per heavy atom. The van der Waals surface area contributed by atoms with Gasteiger partial charge in [0.1, 0.15) is 5.60 Å². The normalized spacial score (nSPS) is 10.5. The van der Waals surface area contributed by atoms with Gasteiger partial charge in [0.05, 0.1) is 17.2 Å². The van der Waals surface area contributed by atoms with Gasteiger partial charge in [0, 0.05) is 0 Å². The Hall–Kier alpha value is -1.10. The third-order valence-electron chi connectivity index (χ3n) is 2.17. The Labute approximate surface area is 119 Å². The maximum atomic E-state index is 11.7. The molecule has 0 heterocycles. The molecule has 0 saturated carbocycles. The second kappa shape index (κ2) is 8.15. The predicted molar refractivity (Wildman–Crippen MR) is 77.3 cm³/mol. The molecule has 1 amide bonds. The van der Waals surface area contributed by atoms with Gasteiger partial charge in [-0.3, -0.25) is 9.63 Å². The molecule has 0 spiro atoms. The fourth-order valence-corrected chi connectivity index (χ4v) is 1.40. The highest BCUT2D eigenvalue weighted by Gasteiger charge is 2.20. The molecule has 0 aliphatic rings. The summed E-state index contributed by atoms with van der Waals surface area (Å²) in [5.41, 5.74) is 2.75. The topological polar surface area (TPSA) is 58.6 Å². The van der Waals surface area contributed by atoms with Crippen LogP contribution in [0.25, 0.3) is 0 Å². The Balaban J connectivity index is 0.00000154. The van der Waals surface area contributed by atoms with E-state index >= 15 is 0 Å². The van der Waals surface area contributed by atoms with Crippen molar-refractivity contribution in [3.8, 4) is 0 Å². The molecule has 19 heavy (non-hydrogen) atoms. The van der Waals surface area contributed by atoms with Crippen LogP contribution in [0.4, 0.5) is 0 Å². The van der Waals surface area contributed by atoms with Crippen molar-refractivity contribution < 1.29 is 14.7 Å². The van der Waals surface area contributed by atoms with E-state index in [2.05, 4.69) is 5.48 Å². The first-order valence-corrected chi connectivity index (χ1v) is 6.59. The van der Waals surface area contributed by atoms with Gasteiger partial charge in [0.2, 0.25) is 0 Å². The van der Waals surface area contributed by atoms with Gasteiger partial charge in [-0.15, -0.1) is 0 Å². The monoisotopic (exact) mass is 287 g/mol. The van der Waals surface area contributed by atoms with E-state index in [1.54, 1.807) is 32.0 Å². The summed E-state index contributed by atoms with van der Waals surface area (Å²) in [6.45, 7) is 9.00. The second-order valence-corrected chi connectivity index (χ2v) is 4.84. The molecule has 4 nitrogen and oxygen atoms in total. The van der Waals surface area contributed by atoms with E-state index in [0.29, 0.717) is 10.6 Å². The molecule has 1 aromatic carbocycles. The molecule has 0 radical (unpaired) electrons. The fraction of sp³-hybridized carbons (Fsp3) is 0.500. The third kappa shape index (κ3) is 6.05. The number of halogens is 1. The first-order valence-electron chi connectivity index (χ1n) is 6.21. The van der Waals surface area contributed by atoms with Gasteiger partial charge in [-0.05, 0) is 38.5 Å². The second-order valence-electron chi connectivity index (χ2n) is 4.43. The Morgan fingerprint density at radius 1 is 1.42 bits per heavy atom. The highest BCUT2D eigenvalue weighted by atomic mass is 35.5. The smallest absolute Gasteiger partial charge is 0.276 e. The van der Waals surface area contributed by atoms with Crippen LogP contribution >= 0.6 is 11.6 Å². The van der Waals surface area contributed by atoms with Crippen molar-refractivity contribution in [3.05, 3.63) is 34.3 Å². The quantitative estimate of drug-likeness (QED) is 0.837. The average Bonchev–Trinajstić information content (AvgIpc) is 2.38. The van der Waals surface area contributed by atoms with Gasteiger partial charge in [-0.1, -0.05) is 31.5 Å². The van der Waals surface area contributed by atoms with Crippen molar-refractivity contribution in [1.29, 1.82) is 0 Å². The van der Waals surface area contributed by atoms with E-state index < -0.39 is 11.5 Å². The molecule has 0 saturated heterocycles. The lowest BCUT2D eigenvalue weighted by molar-refractivity contribution is -0.0956. The van der Waals surface area contributed by atoms with Gasteiger partial charge in [0.15, 0.2) is 0 Å². The van der Waals surface area contributed by atoms with Crippen molar-refractivity contribution in [1.82, 2.24) is 5.48 Å². The number of carbonyl (C=O) groups is 1. The molecule has 2 N–H and O–H groups in total. The van der Waals surface area contributed by atoms with E-state index in [4.69, 9.17) is 21.5 Å². The van der Waals surface area contributed by atoms with E-state index in [-0.39, 0.29) is 6.61 Å². The van der Waals surface area contributed by atoms with Crippen molar-refractivity contribution in [3.63, 3.8) is 0 Å². The minimum absolute atomic E-state index is 0.199. The Morgan fingerprint density at radius 2 is 2.00 bits per heavy atom. The van der Waals surface area contributed by atoms with Gasteiger partial charge in [-0.25, -0.2) is 5.48 Å². The zero-order chi connectivity index (χ0) is 15.1. The number of hydrogen-bond acceptors (Lipinski definition) is 3. The number of rotatable bonds is 4. The van der Waals surface area contributed by atoms with Gasteiger partial charge in [0.25, 0.3) is 5.91 Å². The number of aliphatic hydroxyl groups excluding tert-OH is 1. The first kappa shape index (κ1) is 17.9. The number of carbonyl (C=O) groups excluding carboxylic acids is 1. The van der Waals surface area contributed by atoms with Crippen LogP contribution in [-0.2, 0) is 4.84 Å². The molecule has 1 rings (SSSR count). The molecule has 0 atom stereocenters. The van der Waals surface area contributed by atoms with Crippen molar-refractivity contribution in [2.24, 2.45) is 0 Å². The van der Waals surface area contributed by atoms with Crippen molar-refractivity contribution >= 4 is 17.5 Å². The molecule has 108 valence electrons. The Bertz CT molecular complexity index is 419. The van der Waals surface area contributed by atoms with Crippen molar-refractivity contribution in [2.45, 2.75) is 40.2 Å². The third-order valence-corrected chi connectivity index (χ3v) is 2.48. The highest BCUT2D eigenvalue weighted by Crippen LogP contribution is 2.17. The predicted octanol–water partition coefficient (Wildman–Crippen LogP) is 3.11. The minimum atomic E-state index is -0.827. The summed E-state index contributed by atoms with van der Waals surface area (Å²) < 4.78 is 0. The summed E-state index contributed by atoms with van der Waals surface area (Å²) in [7, 11) is 0. The lowest BCUT2D eigenvalue weighted by atomic mass is 10.1. The highest BCUT2D eigenvalue weighted by molar-refractivity contribution is 6.33. The number of hydroxylamine groups is 1. The number of nitrogens with one attached hydrogen (secondary N) is 1. The van der Waals surface area contributed by atoms with Gasteiger partial charge in [-0.2, -0.15) is 0 Å². The van der Waals surface area contributed by atoms with E-state index in [1.807, 2.05) is 20.8 Å². The number of benzene rings is 1. The maximum absolute atomic E-state index is 11.7. The van der Waals surface area contributed by atoms with Crippen LogP contribution in [0.15, 0.2) is 18.2 Å². The van der Waals surface area contributed by atoms with Crippen LogP contribution in [0.3, 0.4) is 0 Å². The fourth-order valence-electron chi connectivity index (χ4n) is 1.08. The zero-order valence-electron chi connectivity index (χ0n) is 12.1. The number of hydrogen-bond donors (Lipinski definition) is 2. The largest absolute Gasteiger partial charge is 0.393 e. The average molecular weight is 288 g/mol. The first-order chi connectivity index (χ1) is 8.85. The van der Waals surface area contributed by atoms with Crippen LogP contribution in [0.1, 0.15) is 43.6 Å². The molecular formula is C14H22ClNO3. The van der Waals surface area contributed by atoms with Gasteiger partial charge >= 0.3 is 0 Å². The zero-order valence-corrected chi connectivity index (χ0v) is 12.8. The minimum Gasteiger partial charge on any atom is -0.393 e. The summed E-state index contributed by atoms with van der Waals surface area (Å²) in [6, 6.07) is 5.12. The van der Waals surface area contributed by atoms with E-state index in [0.717, 1.165) is 5.56 Å². The molecule has 0 bridgehead atoms. The molecule has 0 aliphatic carbocycles. The molecule has 5 heteroatoms. The maximum Gasteiger partial charge on any atom is 0.276 e. The van der Waals surface area contributed by atoms with Gasteiger partial charge < -0.3 is 5.11 Å². The number of amides is 1. The number of aryl methyl sites for hydroxylation is 1. The van der Waals surface area contributed by atoms with E-state index in [9.17, 15) is 4.79 Å². The summed E-state index contributed by atoms with van der Waals surface area (Å²) >= 11 is 5.94. The summed E-state index contributed by atoms with van der Waals surface area (Å²) in [4.78, 5) is 16.8. The lowest BCUT2D eigenvalue weighted by Gasteiger charge is -2.21. The van der Waals surface area contributed by atoms with Crippen molar-refractivity contribution in [2.75, 3.05) is 6.61 Å². The summed E-state index contributed by atoms with van der Waals surface area (Å²) in [5, 5.41) is 9.33. The van der Waals surface area contributed by atoms with Crippen LogP contribution in [0.5, 0.6) is 0 Å². The standard InChI is InChI=1S/C12H16ClNO3.C2H6/c1-8-4-5-9(10(13)6-8)11(16)14-17-12(2,3)7-15;1-2/h4-6,15H,7H2,1-3H3,(H,14,16);1-2H3. The van der Waals surface area contributed by atoms with Crippen LogP contribution < -0.4 is 5.48 Å². The molecule has 0 aliphatic heterocycles. The summed E-state index contributed by atoms with van der Waals surface area (Å²) in [6.07, 6.45) is 0.